The highest BCUT2D eigenvalue weighted by Gasteiger charge is 2.67. The number of benzene rings is 1. The lowest BCUT2D eigenvalue weighted by molar-refractivity contribution is -0.152. The average Bonchev–Trinajstić information content (AvgIpc) is 3.00. The third kappa shape index (κ3) is 1.70. The number of fused-ring (bicyclic) bond motifs is 2. The SMILES string of the molecule is CCC1=N[C@H]2C[C@@]3(C(=O)N(OC)c4ccccc43)[C@H]3OC[C@H]2[C@H]1[C@@H]3O. The maximum atomic E-state index is 13.4. The highest BCUT2D eigenvalue weighted by Crippen LogP contribution is 2.56. The van der Waals surface area contributed by atoms with Gasteiger partial charge in [0.2, 0.25) is 0 Å². The molecule has 1 aromatic carbocycles. The third-order valence-corrected chi connectivity index (χ3v) is 6.55. The van der Waals surface area contributed by atoms with Gasteiger partial charge in [0.15, 0.2) is 0 Å². The molecular weight excluding hydrogens is 320 g/mol. The summed E-state index contributed by atoms with van der Waals surface area (Å²) in [7, 11) is 1.50. The molecule has 2 saturated heterocycles. The van der Waals surface area contributed by atoms with E-state index in [2.05, 4.69) is 6.92 Å². The van der Waals surface area contributed by atoms with Gasteiger partial charge in [-0.3, -0.25) is 14.6 Å². The first-order chi connectivity index (χ1) is 12.1. The van der Waals surface area contributed by atoms with E-state index in [1.807, 2.05) is 24.3 Å². The summed E-state index contributed by atoms with van der Waals surface area (Å²) in [4.78, 5) is 23.7. The zero-order chi connectivity index (χ0) is 17.3. The molecule has 1 N–H and O–H groups in total. The number of nitrogens with zero attached hydrogens (tertiary/aromatic N) is 2. The van der Waals surface area contributed by atoms with Crippen molar-refractivity contribution in [2.24, 2.45) is 16.8 Å². The van der Waals surface area contributed by atoms with Crippen molar-refractivity contribution in [2.45, 2.75) is 43.4 Å². The van der Waals surface area contributed by atoms with Crippen LogP contribution in [0, 0.1) is 11.8 Å². The maximum absolute atomic E-state index is 13.4. The van der Waals surface area contributed by atoms with Crippen molar-refractivity contribution < 1.29 is 19.5 Å². The second kappa shape index (κ2) is 5.13. The number of amides is 1. The van der Waals surface area contributed by atoms with E-state index in [0.29, 0.717) is 13.0 Å². The highest BCUT2D eigenvalue weighted by molar-refractivity contribution is 6.07. The van der Waals surface area contributed by atoms with E-state index >= 15 is 0 Å². The fraction of sp³-hybridized carbons (Fsp3) is 0.579. The summed E-state index contributed by atoms with van der Waals surface area (Å²) in [6.07, 6.45) is 0.113. The Kier molecular flexibility index (Phi) is 3.18. The predicted octanol–water partition coefficient (Wildman–Crippen LogP) is 1.46. The number of para-hydroxylation sites is 1. The molecule has 5 aliphatic rings. The quantitative estimate of drug-likeness (QED) is 0.883. The summed E-state index contributed by atoms with van der Waals surface area (Å²) in [6, 6.07) is 7.67. The van der Waals surface area contributed by atoms with Crippen molar-refractivity contribution in [1.82, 2.24) is 0 Å². The van der Waals surface area contributed by atoms with E-state index in [0.717, 1.165) is 23.4 Å². The van der Waals surface area contributed by atoms with Crippen LogP contribution in [0.4, 0.5) is 5.69 Å². The number of hydrogen-bond donors (Lipinski definition) is 1. The predicted molar refractivity (Wildman–Crippen MR) is 91.5 cm³/mol. The molecule has 0 radical (unpaired) electrons. The van der Waals surface area contributed by atoms with Crippen LogP contribution in [0.15, 0.2) is 29.3 Å². The molecule has 4 aliphatic heterocycles. The molecule has 1 aliphatic carbocycles. The molecule has 1 aromatic rings. The fourth-order valence-corrected chi connectivity index (χ4v) is 5.54. The smallest absolute Gasteiger partial charge is 0.264 e. The zero-order valence-corrected chi connectivity index (χ0v) is 14.4. The van der Waals surface area contributed by atoms with Crippen LogP contribution in [-0.2, 0) is 19.8 Å². The number of anilines is 1. The van der Waals surface area contributed by atoms with Crippen molar-refractivity contribution >= 4 is 17.3 Å². The second-order valence-electron chi connectivity index (χ2n) is 7.45. The van der Waals surface area contributed by atoms with Crippen LogP contribution in [0.3, 0.4) is 0 Å². The summed E-state index contributed by atoms with van der Waals surface area (Å²) in [6.45, 7) is 2.63. The fourth-order valence-electron chi connectivity index (χ4n) is 5.54. The summed E-state index contributed by atoms with van der Waals surface area (Å²) in [5.74, 6) is 0.0171. The summed E-state index contributed by atoms with van der Waals surface area (Å²) >= 11 is 0. The number of hydrogen-bond acceptors (Lipinski definition) is 5. The van der Waals surface area contributed by atoms with Crippen molar-refractivity contribution in [3.8, 4) is 0 Å². The summed E-state index contributed by atoms with van der Waals surface area (Å²) in [5, 5.41) is 12.5. The van der Waals surface area contributed by atoms with Gasteiger partial charge in [-0.2, -0.15) is 5.06 Å². The molecule has 4 heterocycles. The van der Waals surface area contributed by atoms with E-state index in [-0.39, 0.29) is 23.8 Å². The average molecular weight is 342 g/mol. The molecule has 6 atom stereocenters. The van der Waals surface area contributed by atoms with Gasteiger partial charge >= 0.3 is 0 Å². The van der Waals surface area contributed by atoms with Gasteiger partial charge in [0.05, 0.1) is 31.5 Å². The topological polar surface area (TPSA) is 71.4 Å². The molecule has 0 unspecified atom stereocenters. The number of hydroxylamine groups is 1. The Morgan fingerprint density at radius 2 is 2.24 bits per heavy atom. The van der Waals surface area contributed by atoms with E-state index in [9.17, 15) is 9.90 Å². The van der Waals surface area contributed by atoms with Gasteiger partial charge in [-0.15, -0.1) is 0 Å². The summed E-state index contributed by atoms with van der Waals surface area (Å²) < 4.78 is 6.12. The van der Waals surface area contributed by atoms with Crippen molar-refractivity contribution in [1.29, 1.82) is 0 Å². The van der Waals surface area contributed by atoms with E-state index < -0.39 is 17.6 Å². The van der Waals surface area contributed by atoms with Gasteiger partial charge in [0.1, 0.15) is 11.5 Å². The van der Waals surface area contributed by atoms with Crippen LogP contribution in [-0.4, -0.2) is 48.7 Å². The van der Waals surface area contributed by atoms with Crippen LogP contribution >= 0.6 is 0 Å². The van der Waals surface area contributed by atoms with Gasteiger partial charge in [0.25, 0.3) is 5.91 Å². The van der Waals surface area contributed by atoms with E-state index in [1.54, 1.807) is 0 Å². The largest absolute Gasteiger partial charge is 0.390 e. The van der Waals surface area contributed by atoms with Gasteiger partial charge < -0.3 is 9.84 Å². The molecule has 6 heteroatoms. The standard InChI is InChI=1S/C19H22N2O4/c1-3-12-15-10-9-25-17(16(15)22)19(8-13(10)20-12)11-6-4-5-7-14(11)21(24-2)18(19)23/h4-7,10,13,15-17,22H,3,8-9H2,1-2H3/t10-,13+,15-,16+,17+,19+/m1/s1. The van der Waals surface area contributed by atoms with Crippen LogP contribution in [0.25, 0.3) is 0 Å². The molecule has 6 nitrogen and oxygen atoms in total. The van der Waals surface area contributed by atoms with Crippen LogP contribution < -0.4 is 5.06 Å². The monoisotopic (exact) mass is 342 g/mol. The Labute approximate surface area is 146 Å². The second-order valence-corrected chi connectivity index (χ2v) is 7.45. The lowest BCUT2D eigenvalue weighted by atomic mass is 9.70. The van der Waals surface area contributed by atoms with Gasteiger partial charge in [-0.05, 0) is 24.5 Å². The minimum absolute atomic E-state index is 0.00434. The van der Waals surface area contributed by atoms with E-state index in [1.165, 1.54) is 12.2 Å². The maximum Gasteiger partial charge on any atom is 0.264 e. The highest BCUT2D eigenvalue weighted by atomic mass is 16.7. The Hall–Kier alpha value is -1.76. The molecule has 1 spiro atoms. The van der Waals surface area contributed by atoms with Crippen molar-refractivity contribution in [3.63, 3.8) is 0 Å². The number of ether oxygens (including phenoxy) is 1. The number of aliphatic hydroxyl groups is 1. The minimum atomic E-state index is -0.928. The Balaban J connectivity index is 1.73. The molecular formula is C19H22N2O4. The number of carbonyl (C=O) groups excluding carboxylic acids is 1. The molecule has 4 bridgehead atoms. The third-order valence-electron chi connectivity index (χ3n) is 6.55. The lowest BCUT2D eigenvalue weighted by Crippen LogP contribution is -2.58. The number of aliphatic imine (C=N–C) groups is 1. The first-order valence-corrected chi connectivity index (χ1v) is 8.98. The Bertz CT molecular complexity index is 778. The first kappa shape index (κ1) is 15.5. The normalized spacial score (nSPS) is 41.2. The molecule has 1 saturated carbocycles. The minimum Gasteiger partial charge on any atom is -0.390 e. The first-order valence-electron chi connectivity index (χ1n) is 8.98. The number of aliphatic hydroxyl groups excluding tert-OH is 1. The van der Waals surface area contributed by atoms with Crippen LogP contribution in [0.2, 0.25) is 0 Å². The van der Waals surface area contributed by atoms with Crippen LogP contribution in [0.5, 0.6) is 0 Å². The Morgan fingerprint density at radius 1 is 1.44 bits per heavy atom. The zero-order valence-electron chi connectivity index (χ0n) is 14.4. The van der Waals surface area contributed by atoms with E-state index in [4.69, 9.17) is 14.6 Å². The molecule has 1 amide bonds. The van der Waals surface area contributed by atoms with Gasteiger partial charge in [-0.25, -0.2) is 0 Å². The van der Waals surface area contributed by atoms with Crippen molar-refractivity contribution in [2.75, 3.05) is 18.8 Å². The molecule has 0 aromatic heterocycles. The van der Waals surface area contributed by atoms with Crippen LogP contribution in [0.1, 0.15) is 25.3 Å². The molecule has 132 valence electrons. The number of carbonyl (C=O) groups is 1. The number of rotatable bonds is 2. The molecule has 3 fully saturated rings. The molecule has 6 rings (SSSR count). The summed E-state index contributed by atoms with van der Waals surface area (Å²) in [5.41, 5.74) is 1.77. The van der Waals surface area contributed by atoms with Gasteiger partial charge in [0, 0.05) is 17.5 Å². The van der Waals surface area contributed by atoms with Crippen molar-refractivity contribution in [3.05, 3.63) is 29.8 Å². The Morgan fingerprint density at radius 3 is 3.00 bits per heavy atom. The lowest BCUT2D eigenvalue weighted by Gasteiger charge is -2.42. The van der Waals surface area contributed by atoms with Gasteiger partial charge in [-0.1, -0.05) is 25.1 Å². The molecule has 25 heavy (non-hydrogen) atoms.